The van der Waals surface area contributed by atoms with Gasteiger partial charge in [0.15, 0.2) is 0 Å². The molecule has 170 valence electrons. The number of nitrogens with one attached hydrogen (secondary N) is 1. The zero-order valence-corrected chi connectivity index (χ0v) is 19.2. The molecule has 0 radical (unpaired) electrons. The summed E-state index contributed by atoms with van der Waals surface area (Å²) in [5, 5.41) is 2.80. The fourth-order valence-electron chi connectivity index (χ4n) is 4.32. The van der Waals surface area contributed by atoms with Gasteiger partial charge >= 0.3 is 0 Å². The fourth-order valence-corrected chi connectivity index (χ4v) is 4.32. The smallest absolute Gasteiger partial charge is 0.240 e. The van der Waals surface area contributed by atoms with E-state index >= 15 is 0 Å². The molecule has 1 aliphatic heterocycles. The predicted octanol–water partition coefficient (Wildman–Crippen LogP) is 3.98. The van der Waals surface area contributed by atoms with Crippen molar-refractivity contribution < 1.29 is 9.59 Å². The fraction of sp³-hybridized carbons (Fsp3) is 0.296. The Hall–Kier alpha value is -3.51. The first-order valence-electron chi connectivity index (χ1n) is 11.4. The molecule has 1 aromatic heterocycles. The third kappa shape index (κ3) is 5.65. The summed E-state index contributed by atoms with van der Waals surface area (Å²) in [6.45, 7) is 6.55. The van der Waals surface area contributed by atoms with Gasteiger partial charge in [0.25, 0.3) is 0 Å². The van der Waals surface area contributed by atoms with E-state index in [-0.39, 0.29) is 17.9 Å². The van der Waals surface area contributed by atoms with E-state index < -0.39 is 0 Å². The molecule has 0 saturated carbocycles. The van der Waals surface area contributed by atoms with Crippen molar-refractivity contribution in [2.75, 3.05) is 25.0 Å². The van der Waals surface area contributed by atoms with E-state index in [4.69, 9.17) is 0 Å². The predicted molar refractivity (Wildman–Crippen MR) is 131 cm³/mol. The van der Waals surface area contributed by atoms with Crippen LogP contribution in [-0.2, 0) is 22.6 Å². The van der Waals surface area contributed by atoms with Crippen LogP contribution >= 0.6 is 0 Å². The topological polar surface area (TPSA) is 65.5 Å². The van der Waals surface area contributed by atoms with E-state index in [1.54, 1.807) is 6.20 Å². The summed E-state index contributed by atoms with van der Waals surface area (Å²) in [4.78, 5) is 32.9. The van der Waals surface area contributed by atoms with Crippen molar-refractivity contribution in [3.05, 3.63) is 84.2 Å². The van der Waals surface area contributed by atoms with Gasteiger partial charge in [-0.3, -0.25) is 19.5 Å². The number of hydrogen-bond acceptors (Lipinski definition) is 4. The monoisotopic (exact) mass is 442 g/mol. The third-order valence-electron chi connectivity index (χ3n) is 6.11. The molecule has 1 saturated heterocycles. The highest BCUT2D eigenvalue weighted by Gasteiger charge is 2.34. The Kier molecular flexibility index (Phi) is 7.15. The molecule has 0 aliphatic carbocycles. The van der Waals surface area contributed by atoms with E-state index in [9.17, 15) is 9.59 Å². The van der Waals surface area contributed by atoms with Crippen molar-refractivity contribution in [2.45, 2.75) is 32.9 Å². The lowest BCUT2D eigenvalue weighted by Crippen LogP contribution is -2.57. The molecule has 1 atom stereocenters. The molecule has 33 heavy (non-hydrogen) atoms. The summed E-state index contributed by atoms with van der Waals surface area (Å²) >= 11 is 0. The molecular weight excluding hydrogens is 412 g/mol. The maximum Gasteiger partial charge on any atom is 0.240 e. The van der Waals surface area contributed by atoms with Crippen LogP contribution in [0.2, 0.25) is 0 Å². The van der Waals surface area contributed by atoms with E-state index in [2.05, 4.69) is 39.5 Å². The summed E-state index contributed by atoms with van der Waals surface area (Å²) in [7, 11) is 0. The highest BCUT2D eigenvalue weighted by atomic mass is 16.2. The Morgan fingerprint density at radius 2 is 1.73 bits per heavy atom. The number of rotatable bonds is 7. The van der Waals surface area contributed by atoms with Crippen molar-refractivity contribution in [3.63, 3.8) is 0 Å². The van der Waals surface area contributed by atoms with Gasteiger partial charge in [-0.25, -0.2) is 0 Å². The van der Waals surface area contributed by atoms with E-state index in [0.29, 0.717) is 13.0 Å². The number of hydrogen-bond donors (Lipinski definition) is 1. The number of aromatic nitrogens is 1. The highest BCUT2D eigenvalue weighted by molar-refractivity contribution is 5.88. The van der Waals surface area contributed by atoms with Crippen LogP contribution in [0.15, 0.2) is 73.1 Å². The van der Waals surface area contributed by atoms with Gasteiger partial charge in [0, 0.05) is 51.2 Å². The summed E-state index contributed by atoms with van der Waals surface area (Å²) < 4.78 is 0. The number of amides is 2. The Morgan fingerprint density at radius 3 is 2.36 bits per heavy atom. The van der Waals surface area contributed by atoms with Gasteiger partial charge in [-0.05, 0) is 53.8 Å². The minimum Gasteiger partial charge on any atom is -0.340 e. The quantitative estimate of drug-likeness (QED) is 0.601. The molecule has 1 fully saturated rings. The average molecular weight is 443 g/mol. The molecule has 6 heteroatoms. The maximum atomic E-state index is 13.3. The van der Waals surface area contributed by atoms with Crippen molar-refractivity contribution in [1.29, 1.82) is 0 Å². The van der Waals surface area contributed by atoms with Crippen LogP contribution in [0.25, 0.3) is 11.1 Å². The molecule has 1 N–H and O–H groups in total. The average Bonchev–Trinajstić information content (AvgIpc) is 2.83. The molecule has 6 nitrogen and oxygen atoms in total. The highest BCUT2D eigenvalue weighted by Crippen LogP contribution is 2.23. The van der Waals surface area contributed by atoms with Gasteiger partial charge in [-0.1, -0.05) is 42.5 Å². The molecule has 0 unspecified atom stereocenters. The number of carbonyl (C=O) groups is 2. The Morgan fingerprint density at radius 1 is 1.00 bits per heavy atom. The zero-order valence-electron chi connectivity index (χ0n) is 19.2. The standard InChI is InChI=1S/C27H30N4O2/c1-3-30-15-16-31(19-22-8-12-25(13-9-22)29-20(2)32)26(27(30)33)17-21-6-10-23(11-7-21)24-5-4-14-28-18-24/h4-14,18,26H,3,15-17,19H2,1-2H3,(H,29,32)/t26-/m1/s1. The molecule has 2 amide bonds. The van der Waals surface area contributed by atoms with Gasteiger partial charge in [0.1, 0.15) is 0 Å². The minimum absolute atomic E-state index is 0.0846. The van der Waals surface area contributed by atoms with Gasteiger partial charge in [0.05, 0.1) is 6.04 Å². The lowest BCUT2D eigenvalue weighted by molar-refractivity contribution is -0.141. The number of likely N-dealkylation sites (N-methyl/N-ethyl adjacent to an activating group) is 1. The molecule has 0 spiro atoms. The van der Waals surface area contributed by atoms with Crippen LogP contribution in [0.1, 0.15) is 25.0 Å². The normalized spacial score (nSPS) is 16.6. The molecular formula is C27H30N4O2. The number of anilines is 1. The number of carbonyl (C=O) groups excluding carboxylic acids is 2. The first-order valence-corrected chi connectivity index (χ1v) is 11.4. The summed E-state index contributed by atoms with van der Waals surface area (Å²) in [6.07, 6.45) is 4.30. The lowest BCUT2D eigenvalue weighted by atomic mass is 9.98. The van der Waals surface area contributed by atoms with Crippen LogP contribution in [0, 0.1) is 0 Å². The van der Waals surface area contributed by atoms with Gasteiger partial charge in [0.2, 0.25) is 11.8 Å². The second kappa shape index (κ2) is 10.4. The molecule has 0 bridgehead atoms. The molecule has 3 aromatic rings. The Bertz CT molecular complexity index is 1080. The van der Waals surface area contributed by atoms with Crippen LogP contribution in [0.3, 0.4) is 0 Å². The molecule has 2 heterocycles. The van der Waals surface area contributed by atoms with Crippen LogP contribution in [0.4, 0.5) is 5.69 Å². The van der Waals surface area contributed by atoms with Gasteiger partial charge < -0.3 is 10.2 Å². The maximum absolute atomic E-state index is 13.3. The summed E-state index contributed by atoms with van der Waals surface area (Å²) in [5.41, 5.74) is 5.25. The molecule has 4 rings (SSSR count). The number of nitrogens with zero attached hydrogens (tertiary/aromatic N) is 3. The summed E-state index contributed by atoms with van der Waals surface area (Å²) in [5.74, 6) is 0.105. The minimum atomic E-state index is -0.196. The first-order chi connectivity index (χ1) is 16.0. The van der Waals surface area contributed by atoms with E-state index in [0.717, 1.165) is 47.6 Å². The SMILES string of the molecule is CCN1CCN(Cc2ccc(NC(C)=O)cc2)[C@H](Cc2ccc(-c3cccnc3)cc2)C1=O. The van der Waals surface area contributed by atoms with Crippen LogP contribution in [-0.4, -0.2) is 52.3 Å². The lowest BCUT2D eigenvalue weighted by Gasteiger charge is -2.40. The van der Waals surface area contributed by atoms with Crippen molar-refractivity contribution >= 4 is 17.5 Å². The number of piperazine rings is 1. The van der Waals surface area contributed by atoms with Crippen molar-refractivity contribution in [1.82, 2.24) is 14.8 Å². The van der Waals surface area contributed by atoms with Gasteiger partial charge in [-0.15, -0.1) is 0 Å². The Balaban J connectivity index is 1.50. The van der Waals surface area contributed by atoms with E-state index in [1.165, 1.54) is 6.92 Å². The third-order valence-corrected chi connectivity index (χ3v) is 6.11. The second-order valence-corrected chi connectivity index (χ2v) is 8.43. The largest absolute Gasteiger partial charge is 0.340 e. The number of pyridine rings is 1. The van der Waals surface area contributed by atoms with Crippen LogP contribution in [0.5, 0.6) is 0 Å². The van der Waals surface area contributed by atoms with E-state index in [1.807, 2.05) is 54.4 Å². The van der Waals surface area contributed by atoms with Crippen molar-refractivity contribution in [2.24, 2.45) is 0 Å². The molecule has 1 aliphatic rings. The second-order valence-electron chi connectivity index (χ2n) is 8.43. The summed E-state index contributed by atoms with van der Waals surface area (Å²) in [6, 6.07) is 20.1. The Labute approximate surface area is 195 Å². The number of benzene rings is 2. The van der Waals surface area contributed by atoms with Crippen molar-refractivity contribution in [3.8, 4) is 11.1 Å². The zero-order chi connectivity index (χ0) is 23.2. The van der Waals surface area contributed by atoms with Crippen LogP contribution < -0.4 is 5.32 Å². The first kappa shape index (κ1) is 22.7. The molecule has 2 aromatic carbocycles. The van der Waals surface area contributed by atoms with Gasteiger partial charge in [-0.2, -0.15) is 0 Å².